The molecule has 0 spiro atoms. The SMILES string of the molecule is COC(=O)c1sc(NCCc2ccc(O)c(O)c2)nc1Cl. The van der Waals surface area contributed by atoms with E-state index in [9.17, 15) is 15.0 Å². The van der Waals surface area contributed by atoms with Crippen molar-refractivity contribution in [2.75, 3.05) is 19.0 Å². The van der Waals surface area contributed by atoms with E-state index in [0.717, 1.165) is 16.9 Å². The number of halogens is 1. The molecular formula is C13H13ClN2O4S. The average molecular weight is 329 g/mol. The van der Waals surface area contributed by atoms with Gasteiger partial charge in [0, 0.05) is 6.54 Å². The van der Waals surface area contributed by atoms with E-state index in [1.165, 1.54) is 19.2 Å². The third kappa shape index (κ3) is 3.77. The van der Waals surface area contributed by atoms with Gasteiger partial charge in [0.1, 0.15) is 0 Å². The van der Waals surface area contributed by atoms with Crippen LogP contribution < -0.4 is 5.32 Å². The van der Waals surface area contributed by atoms with Crippen LogP contribution in [-0.4, -0.2) is 34.8 Å². The van der Waals surface area contributed by atoms with Crippen molar-refractivity contribution in [3.63, 3.8) is 0 Å². The summed E-state index contributed by atoms with van der Waals surface area (Å²) in [7, 11) is 1.28. The van der Waals surface area contributed by atoms with Crippen LogP contribution in [0, 0.1) is 0 Å². The first-order valence-corrected chi connectivity index (χ1v) is 7.20. The number of benzene rings is 1. The number of nitrogens with one attached hydrogen (secondary N) is 1. The minimum atomic E-state index is -0.519. The Morgan fingerprint density at radius 1 is 1.43 bits per heavy atom. The molecule has 0 saturated heterocycles. The maximum Gasteiger partial charge on any atom is 0.351 e. The number of aromatic hydroxyl groups is 2. The summed E-state index contributed by atoms with van der Waals surface area (Å²) in [6.45, 7) is 0.536. The van der Waals surface area contributed by atoms with Crippen molar-refractivity contribution in [3.05, 3.63) is 33.8 Å². The summed E-state index contributed by atoms with van der Waals surface area (Å²) in [4.78, 5) is 15.7. The van der Waals surface area contributed by atoms with Crippen LogP contribution in [0.3, 0.4) is 0 Å². The number of nitrogens with zero attached hydrogens (tertiary/aromatic N) is 1. The van der Waals surface area contributed by atoms with Gasteiger partial charge < -0.3 is 20.3 Å². The van der Waals surface area contributed by atoms with Gasteiger partial charge in [-0.05, 0) is 24.1 Å². The summed E-state index contributed by atoms with van der Waals surface area (Å²) in [5, 5.41) is 22.3. The van der Waals surface area contributed by atoms with Gasteiger partial charge in [-0.25, -0.2) is 9.78 Å². The Bertz CT molecular complexity index is 660. The number of thiazole rings is 1. The van der Waals surface area contributed by atoms with Gasteiger partial charge in [0.2, 0.25) is 0 Å². The second kappa shape index (κ2) is 6.64. The molecule has 2 aromatic rings. The zero-order valence-electron chi connectivity index (χ0n) is 11.1. The van der Waals surface area contributed by atoms with Crippen LogP contribution in [0.5, 0.6) is 11.5 Å². The molecule has 1 aromatic heterocycles. The fourth-order valence-corrected chi connectivity index (χ4v) is 2.76. The van der Waals surface area contributed by atoms with Crippen LogP contribution in [-0.2, 0) is 11.2 Å². The van der Waals surface area contributed by atoms with E-state index >= 15 is 0 Å². The molecule has 0 atom stereocenters. The molecule has 0 bridgehead atoms. The van der Waals surface area contributed by atoms with Gasteiger partial charge in [0.25, 0.3) is 0 Å². The highest BCUT2D eigenvalue weighted by Crippen LogP contribution is 2.28. The van der Waals surface area contributed by atoms with Crippen LogP contribution in [0.4, 0.5) is 5.13 Å². The Kier molecular flexibility index (Phi) is 4.87. The molecule has 0 radical (unpaired) electrons. The predicted octanol–water partition coefficient (Wildman–Crippen LogP) is 2.65. The molecule has 6 nitrogen and oxygen atoms in total. The molecule has 0 aliphatic heterocycles. The van der Waals surface area contributed by atoms with E-state index in [1.807, 2.05) is 0 Å². The highest BCUT2D eigenvalue weighted by Gasteiger charge is 2.16. The number of phenols is 2. The van der Waals surface area contributed by atoms with Crippen molar-refractivity contribution >= 4 is 34.0 Å². The minimum Gasteiger partial charge on any atom is -0.504 e. The van der Waals surface area contributed by atoms with E-state index in [2.05, 4.69) is 15.0 Å². The molecular weight excluding hydrogens is 316 g/mol. The third-order valence-electron chi connectivity index (χ3n) is 2.69. The maximum atomic E-state index is 11.4. The van der Waals surface area contributed by atoms with Gasteiger partial charge in [-0.15, -0.1) is 0 Å². The van der Waals surface area contributed by atoms with Crippen molar-refractivity contribution in [2.45, 2.75) is 6.42 Å². The maximum absolute atomic E-state index is 11.4. The zero-order chi connectivity index (χ0) is 15.4. The molecule has 8 heteroatoms. The molecule has 0 fully saturated rings. The Hall–Kier alpha value is -1.99. The van der Waals surface area contributed by atoms with Gasteiger partial charge in [0.15, 0.2) is 26.7 Å². The molecule has 1 heterocycles. The molecule has 0 aliphatic rings. The average Bonchev–Trinajstić information content (AvgIpc) is 2.83. The van der Waals surface area contributed by atoms with Gasteiger partial charge >= 0.3 is 5.97 Å². The Morgan fingerprint density at radius 2 is 2.19 bits per heavy atom. The number of carbonyl (C=O) groups is 1. The lowest BCUT2D eigenvalue weighted by atomic mass is 10.1. The first-order chi connectivity index (χ1) is 10.0. The molecule has 0 amide bonds. The molecule has 1 aromatic carbocycles. The number of hydrogen-bond acceptors (Lipinski definition) is 7. The number of methoxy groups -OCH3 is 1. The molecule has 2 rings (SSSR count). The topological polar surface area (TPSA) is 91.7 Å². The number of esters is 1. The largest absolute Gasteiger partial charge is 0.504 e. The van der Waals surface area contributed by atoms with E-state index in [-0.39, 0.29) is 21.5 Å². The summed E-state index contributed by atoms with van der Waals surface area (Å²) >= 11 is 6.97. The Balaban J connectivity index is 1.94. The van der Waals surface area contributed by atoms with Crippen molar-refractivity contribution in [1.29, 1.82) is 0 Å². The normalized spacial score (nSPS) is 10.4. The monoisotopic (exact) mass is 328 g/mol. The van der Waals surface area contributed by atoms with Crippen molar-refractivity contribution < 1.29 is 19.7 Å². The van der Waals surface area contributed by atoms with Crippen molar-refractivity contribution in [3.8, 4) is 11.5 Å². The smallest absolute Gasteiger partial charge is 0.351 e. The quantitative estimate of drug-likeness (QED) is 0.577. The van der Waals surface area contributed by atoms with E-state index < -0.39 is 5.97 Å². The van der Waals surface area contributed by atoms with Crippen LogP contribution >= 0.6 is 22.9 Å². The summed E-state index contributed by atoms with van der Waals surface area (Å²) in [5.74, 6) is -0.826. The minimum absolute atomic E-state index is 0.108. The highest BCUT2D eigenvalue weighted by molar-refractivity contribution is 7.18. The summed E-state index contributed by atoms with van der Waals surface area (Å²) in [5.41, 5.74) is 0.855. The predicted molar refractivity (Wildman–Crippen MR) is 80.4 cm³/mol. The number of anilines is 1. The van der Waals surface area contributed by atoms with E-state index in [4.69, 9.17) is 11.6 Å². The molecule has 112 valence electrons. The summed E-state index contributed by atoms with van der Waals surface area (Å²) in [6.07, 6.45) is 0.610. The number of phenolic OH excluding ortho intramolecular Hbond substituents is 2. The number of rotatable bonds is 5. The number of aromatic nitrogens is 1. The van der Waals surface area contributed by atoms with Gasteiger partial charge in [-0.3, -0.25) is 0 Å². The summed E-state index contributed by atoms with van der Waals surface area (Å²) < 4.78 is 4.60. The number of hydrogen-bond donors (Lipinski definition) is 3. The van der Waals surface area contributed by atoms with Crippen LogP contribution in [0.1, 0.15) is 15.2 Å². The number of carbonyl (C=O) groups excluding carboxylic acids is 1. The lowest BCUT2D eigenvalue weighted by Gasteiger charge is -2.04. The van der Waals surface area contributed by atoms with Crippen molar-refractivity contribution in [1.82, 2.24) is 4.98 Å². The lowest BCUT2D eigenvalue weighted by Crippen LogP contribution is -2.04. The molecule has 21 heavy (non-hydrogen) atoms. The molecule has 0 unspecified atom stereocenters. The molecule has 3 N–H and O–H groups in total. The zero-order valence-corrected chi connectivity index (χ0v) is 12.7. The molecule has 0 aliphatic carbocycles. The number of ether oxygens (including phenoxy) is 1. The first kappa shape index (κ1) is 15.4. The standard InChI is InChI=1S/C13H13ClN2O4S/c1-20-12(19)10-11(14)16-13(21-10)15-5-4-7-2-3-8(17)9(18)6-7/h2-3,6,17-18H,4-5H2,1H3,(H,15,16). The van der Waals surface area contributed by atoms with Crippen LogP contribution in [0.2, 0.25) is 5.15 Å². The second-order valence-corrected chi connectivity index (χ2v) is 5.49. The fraction of sp³-hybridized carbons (Fsp3) is 0.231. The first-order valence-electron chi connectivity index (χ1n) is 6.00. The van der Waals surface area contributed by atoms with Crippen LogP contribution in [0.25, 0.3) is 0 Å². The van der Waals surface area contributed by atoms with Gasteiger partial charge in [0.05, 0.1) is 7.11 Å². The van der Waals surface area contributed by atoms with E-state index in [0.29, 0.717) is 18.1 Å². The second-order valence-electron chi connectivity index (χ2n) is 4.13. The van der Waals surface area contributed by atoms with E-state index in [1.54, 1.807) is 6.07 Å². The van der Waals surface area contributed by atoms with Gasteiger partial charge in [-0.2, -0.15) is 0 Å². The highest BCUT2D eigenvalue weighted by atomic mass is 35.5. The third-order valence-corrected chi connectivity index (χ3v) is 4.06. The van der Waals surface area contributed by atoms with Crippen LogP contribution in [0.15, 0.2) is 18.2 Å². The van der Waals surface area contributed by atoms with Gasteiger partial charge in [-0.1, -0.05) is 29.0 Å². The van der Waals surface area contributed by atoms with Crippen molar-refractivity contribution in [2.24, 2.45) is 0 Å². The molecule has 0 saturated carbocycles. The Labute approximate surface area is 130 Å². The summed E-state index contributed by atoms with van der Waals surface area (Å²) in [6, 6.07) is 4.64. The Morgan fingerprint density at radius 3 is 2.86 bits per heavy atom. The lowest BCUT2D eigenvalue weighted by molar-refractivity contribution is 0.0606. The fourth-order valence-electron chi connectivity index (χ4n) is 1.63.